The number of nitrogens with one attached hydrogen (secondary N) is 1. The molecule has 0 aliphatic rings. The molecule has 1 aromatic carbocycles. The first-order valence-electron chi connectivity index (χ1n) is 3.79. The Balaban J connectivity index is 2.80. The van der Waals surface area contributed by atoms with Crippen molar-refractivity contribution in [2.24, 2.45) is 0 Å². The van der Waals surface area contributed by atoms with Crippen molar-refractivity contribution >= 4 is 55.4 Å². The second-order valence-corrected chi connectivity index (χ2v) is 4.84. The van der Waals surface area contributed by atoms with E-state index in [-0.39, 0.29) is 0 Å². The molecule has 0 bridgehead atoms. The van der Waals surface area contributed by atoms with Gasteiger partial charge in [0.05, 0.1) is 5.56 Å². The normalized spacial score (nSPS) is 10.7. The Kier molecular flexibility index (Phi) is 2.52. The minimum atomic E-state index is -0.913. The number of carboxylic acid groups (broad SMARTS) is 1. The molecular formula is C9H5BrINO2. The molecule has 0 atom stereocenters. The van der Waals surface area contributed by atoms with Crippen LogP contribution in [0.25, 0.3) is 10.9 Å². The van der Waals surface area contributed by atoms with Crippen molar-refractivity contribution in [1.82, 2.24) is 4.98 Å². The summed E-state index contributed by atoms with van der Waals surface area (Å²) in [6.45, 7) is 0. The number of rotatable bonds is 1. The van der Waals surface area contributed by atoms with E-state index >= 15 is 0 Å². The Morgan fingerprint density at radius 3 is 2.86 bits per heavy atom. The first kappa shape index (κ1) is 9.97. The largest absolute Gasteiger partial charge is 0.478 e. The van der Waals surface area contributed by atoms with Crippen LogP contribution in [0.3, 0.4) is 0 Å². The van der Waals surface area contributed by atoms with Crippen molar-refractivity contribution in [3.05, 3.63) is 31.9 Å². The van der Waals surface area contributed by atoms with Crippen LogP contribution in [0.15, 0.2) is 22.8 Å². The Bertz CT molecular complexity index is 521. The Labute approximate surface area is 102 Å². The molecule has 0 fully saturated rings. The first-order valence-corrected chi connectivity index (χ1v) is 5.66. The maximum Gasteiger partial charge on any atom is 0.337 e. The fourth-order valence-electron chi connectivity index (χ4n) is 1.29. The number of carbonyl (C=O) groups is 1. The minimum Gasteiger partial charge on any atom is -0.478 e. The zero-order chi connectivity index (χ0) is 10.3. The molecule has 5 heteroatoms. The molecule has 14 heavy (non-hydrogen) atoms. The van der Waals surface area contributed by atoms with Crippen LogP contribution < -0.4 is 0 Å². The van der Waals surface area contributed by atoms with Crippen molar-refractivity contribution in [1.29, 1.82) is 0 Å². The van der Waals surface area contributed by atoms with Crippen molar-refractivity contribution in [2.75, 3.05) is 0 Å². The molecule has 0 aliphatic carbocycles. The van der Waals surface area contributed by atoms with Gasteiger partial charge in [0.15, 0.2) is 0 Å². The molecule has 2 N–H and O–H groups in total. The van der Waals surface area contributed by atoms with Crippen LogP contribution in [-0.4, -0.2) is 16.1 Å². The lowest BCUT2D eigenvalue weighted by Crippen LogP contribution is -1.93. The lowest BCUT2D eigenvalue weighted by Gasteiger charge is -1.97. The van der Waals surface area contributed by atoms with Crippen LogP contribution in [0.1, 0.15) is 10.4 Å². The van der Waals surface area contributed by atoms with E-state index in [0.717, 1.165) is 18.9 Å². The van der Waals surface area contributed by atoms with Gasteiger partial charge in [0, 0.05) is 25.1 Å². The van der Waals surface area contributed by atoms with E-state index in [1.54, 1.807) is 0 Å². The molecule has 0 saturated heterocycles. The molecule has 0 unspecified atom stereocenters. The van der Waals surface area contributed by atoms with Crippen molar-refractivity contribution in [3.8, 4) is 0 Å². The first-order chi connectivity index (χ1) is 6.59. The topological polar surface area (TPSA) is 53.1 Å². The summed E-state index contributed by atoms with van der Waals surface area (Å²) in [6, 6.07) is 3.73. The number of benzene rings is 1. The van der Waals surface area contributed by atoms with E-state index in [9.17, 15) is 4.79 Å². The predicted octanol–water partition coefficient (Wildman–Crippen LogP) is 3.23. The second-order valence-electron chi connectivity index (χ2n) is 2.82. The Hall–Kier alpha value is -0.560. The van der Waals surface area contributed by atoms with Gasteiger partial charge in [0.1, 0.15) is 0 Å². The summed E-state index contributed by atoms with van der Waals surface area (Å²) in [7, 11) is 0. The van der Waals surface area contributed by atoms with Crippen molar-refractivity contribution in [3.63, 3.8) is 0 Å². The zero-order valence-electron chi connectivity index (χ0n) is 6.84. The van der Waals surface area contributed by atoms with Crippen LogP contribution in [0, 0.1) is 3.57 Å². The molecule has 0 spiro atoms. The number of aromatic carboxylic acids is 1. The average Bonchev–Trinajstić information content (AvgIpc) is 2.48. The SMILES string of the molecule is O=C(O)c1c[nH]c2cc(I)c(Br)cc12. The summed E-state index contributed by atoms with van der Waals surface area (Å²) in [5, 5.41) is 9.62. The molecular weight excluding hydrogens is 361 g/mol. The summed E-state index contributed by atoms with van der Waals surface area (Å²) in [5.41, 5.74) is 1.15. The highest BCUT2D eigenvalue weighted by Gasteiger charge is 2.11. The van der Waals surface area contributed by atoms with Crippen LogP contribution >= 0.6 is 38.5 Å². The van der Waals surface area contributed by atoms with Crippen LogP contribution in [-0.2, 0) is 0 Å². The van der Waals surface area contributed by atoms with Gasteiger partial charge in [-0.25, -0.2) is 4.79 Å². The summed E-state index contributed by atoms with van der Waals surface area (Å²) < 4.78 is 1.96. The number of hydrogen-bond acceptors (Lipinski definition) is 1. The average molecular weight is 366 g/mol. The fourth-order valence-corrected chi connectivity index (χ4v) is 2.10. The van der Waals surface area contributed by atoms with Gasteiger partial charge >= 0.3 is 5.97 Å². The third-order valence-electron chi connectivity index (χ3n) is 1.95. The molecule has 3 nitrogen and oxygen atoms in total. The standard InChI is InChI=1S/C9H5BrINO2/c10-6-1-4-5(9(13)14)3-12-8(4)2-7(6)11/h1-3,12H,(H,13,14). The van der Waals surface area contributed by atoms with Crippen molar-refractivity contribution in [2.45, 2.75) is 0 Å². The molecule has 2 rings (SSSR count). The maximum atomic E-state index is 10.8. The van der Waals surface area contributed by atoms with Crippen molar-refractivity contribution < 1.29 is 9.90 Å². The number of fused-ring (bicyclic) bond motifs is 1. The quantitative estimate of drug-likeness (QED) is 0.762. The van der Waals surface area contributed by atoms with Gasteiger partial charge < -0.3 is 10.1 Å². The summed E-state index contributed by atoms with van der Waals surface area (Å²) in [6.07, 6.45) is 1.51. The van der Waals surface area contributed by atoms with Gasteiger partial charge in [-0.3, -0.25) is 0 Å². The highest BCUT2D eigenvalue weighted by atomic mass is 127. The molecule has 0 saturated carbocycles. The molecule has 1 aromatic heterocycles. The maximum absolute atomic E-state index is 10.8. The second kappa shape index (κ2) is 3.54. The highest BCUT2D eigenvalue weighted by molar-refractivity contribution is 14.1. The number of halogens is 2. The molecule has 0 radical (unpaired) electrons. The Morgan fingerprint density at radius 2 is 2.21 bits per heavy atom. The Morgan fingerprint density at radius 1 is 1.50 bits per heavy atom. The number of carboxylic acids is 1. The predicted molar refractivity (Wildman–Crippen MR) is 65.7 cm³/mol. The monoisotopic (exact) mass is 365 g/mol. The summed E-state index contributed by atoms with van der Waals surface area (Å²) in [4.78, 5) is 13.8. The third kappa shape index (κ3) is 1.54. The highest BCUT2D eigenvalue weighted by Crippen LogP contribution is 2.27. The van der Waals surface area contributed by atoms with Gasteiger partial charge in [-0.15, -0.1) is 0 Å². The zero-order valence-corrected chi connectivity index (χ0v) is 10.6. The van der Waals surface area contributed by atoms with Crippen LogP contribution in [0.2, 0.25) is 0 Å². The summed E-state index contributed by atoms with van der Waals surface area (Å²) in [5.74, 6) is -0.913. The van der Waals surface area contributed by atoms with Crippen LogP contribution in [0.5, 0.6) is 0 Å². The molecule has 0 amide bonds. The molecule has 72 valence electrons. The molecule has 0 aliphatic heterocycles. The van der Waals surface area contributed by atoms with E-state index in [1.165, 1.54) is 6.20 Å². The molecule has 1 heterocycles. The van der Waals surface area contributed by atoms with Gasteiger partial charge in [-0.05, 0) is 50.7 Å². The summed E-state index contributed by atoms with van der Waals surface area (Å²) >= 11 is 5.55. The smallest absolute Gasteiger partial charge is 0.337 e. The van der Waals surface area contributed by atoms with Gasteiger partial charge in [-0.1, -0.05) is 0 Å². The minimum absolute atomic E-state index is 0.303. The van der Waals surface area contributed by atoms with E-state index in [2.05, 4.69) is 43.5 Å². The van der Waals surface area contributed by atoms with E-state index in [4.69, 9.17) is 5.11 Å². The van der Waals surface area contributed by atoms with E-state index < -0.39 is 5.97 Å². The van der Waals surface area contributed by atoms with Gasteiger partial charge in [-0.2, -0.15) is 0 Å². The number of H-pyrrole nitrogens is 1. The fraction of sp³-hybridized carbons (Fsp3) is 0. The number of hydrogen-bond donors (Lipinski definition) is 2. The van der Waals surface area contributed by atoms with Gasteiger partial charge in [0.2, 0.25) is 0 Å². The van der Waals surface area contributed by atoms with E-state index in [1.807, 2.05) is 12.1 Å². The third-order valence-corrected chi connectivity index (χ3v) is 4.24. The van der Waals surface area contributed by atoms with Gasteiger partial charge in [0.25, 0.3) is 0 Å². The van der Waals surface area contributed by atoms with E-state index in [0.29, 0.717) is 5.56 Å². The number of aromatic amines is 1. The lowest BCUT2D eigenvalue weighted by atomic mass is 10.2. The molecule has 2 aromatic rings. The van der Waals surface area contributed by atoms with Crippen LogP contribution in [0.4, 0.5) is 0 Å². The lowest BCUT2D eigenvalue weighted by molar-refractivity contribution is 0.0699. The number of aromatic nitrogens is 1.